The lowest BCUT2D eigenvalue weighted by Crippen LogP contribution is -2.46. The van der Waals surface area contributed by atoms with Crippen LogP contribution >= 0.6 is 0 Å². The van der Waals surface area contributed by atoms with Gasteiger partial charge < -0.3 is 24.4 Å². The molecule has 0 aromatic heterocycles. The van der Waals surface area contributed by atoms with E-state index in [-0.39, 0.29) is 25.2 Å². The minimum absolute atomic E-state index is 0.129. The van der Waals surface area contributed by atoms with E-state index in [0.717, 1.165) is 5.56 Å². The fraction of sp³-hybridized carbons (Fsp3) is 0.286. The van der Waals surface area contributed by atoms with Gasteiger partial charge in [-0.25, -0.2) is 0 Å². The molecule has 0 fully saturated rings. The van der Waals surface area contributed by atoms with Crippen molar-refractivity contribution in [1.82, 2.24) is 10.2 Å². The Bertz CT molecular complexity index is 989. The van der Waals surface area contributed by atoms with Crippen molar-refractivity contribution in [2.24, 2.45) is 0 Å². The minimum Gasteiger partial charge on any atom is -0.468 e. The lowest BCUT2D eigenvalue weighted by Gasteiger charge is -2.39. The van der Waals surface area contributed by atoms with Gasteiger partial charge in [0.2, 0.25) is 12.7 Å². The Hall–Kier alpha value is -3.55. The number of fused-ring (bicyclic) bond motifs is 2. The average molecular weight is 396 g/mol. The van der Waals surface area contributed by atoms with E-state index in [1.54, 1.807) is 48.3 Å². The monoisotopic (exact) mass is 396 g/mol. The largest absolute Gasteiger partial charge is 0.468 e. The zero-order valence-corrected chi connectivity index (χ0v) is 16.0. The molecule has 2 unspecified atom stereocenters. The number of nitrogens with one attached hydrogen (secondary N) is 1. The highest BCUT2D eigenvalue weighted by atomic mass is 16.7. The Morgan fingerprint density at radius 1 is 1.17 bits per heavy atom. The van der Waals surface area contributed by atoms with Gasteiger partial charge in [0, 0.05) is 12.6 Å². The zero-order chi connectivity index (χ0) is 20.5. The lowest BCUT2D eigenvalue weighted by atomic mass is 9.79. The molecule has 0 bridgehead atoms. The van der Waals surface area contributed by atoms with Crippen LogP contribution in [-0.2, 0) is 14.3 Å². The van der Waals surface area contributed by atoms with Crippen molar-refractivity contribution in [3.63, 3.8) is 0 Å². The van der Waals surface area contributed by atoms with Crippen LogP contribution in [-0.4, -0.2) is 50.2 Å². The maximum atomic E-state index is 13.1. The van der Waals surface area contributed by atoms with Crippen molar-refractivity contribution in [2.45, 2.75) is 12.0 Å². The van der Waals surface area contributed by atoms with Gasteiger partial charge in [0.15, 0.2) is 11.5 Å². The summed E-state index contributed by atoms with van der Waals surface area (Å²) in [6.07, 6.45) is 0. The lowest BCUT2D eigenvalue weighted by molar-refractivity contribution is -0.141. The number of methoxy groups -OCH3 is 1. The smallest absolute Gasteiger partial charge is 0.325 e. The summed E-state index contributed by atoms with van der Waals surface area (Å²) in [6, 6.07) is 11.8. The second-order valence-corrected chi connectivity index (χ2v) is 6.83. The summed E-state index contributed by atoms with van der Waals surface area (Å²) in [5.74, 6) is -0.628. The molecule has 0 radical (unpaired) electrons. The van der Waals surface area contributed by atoms with E-state index in [1.807, 2.05) is 6.07 Å². The predicted molar refractivity (Wildman–Crippen MR) is 102 cm³/mol. The highest BCUT2D eigenvalue weighted by molar-refractivity contribution is 6.01. The number of carbonyl (C=O) groups is 3. The first kappa shape index (κ1) is 18.8. The van der Waals surface area contributed by atoms with Crippen LogP contribution in [0.5, 0.6) is 11.5 Å². The zero-order valence-electron chi connectivity index (χ0n) is 16.0. The van der Waals surface area contributed by atoms with Crippen LogP contribution in [0.4, 0.5) is 0 Å². The van der Waals surface area contributed by atoms with E-state index in [1.165, 1.54) is 7.11 Å². The van der Waals surface area contributed by atoms with Crippen LogP contribution in [0, 0.1) is 0 Å². The summed E-state index contributed by atoms with van der Waals surface area (Å²) in [5, 5.41) is 2.62. The van der Waals surface area contributed by atoms with Gasteiger partial charge in [-0.15, -0.1) is 0 Å². The van der Waals surface area contributed by atoms with Crippen molar-refractivity contribution in [2.75, 3.05) is 27.5 Å². The second-order valence-electron chi connectivity index (χ2n) is 6.83. The van der Waals surface area contributed by atoms with Crippen LogP contribution in [0.1, 0.15) is 33.4 Å². The number of amides is 2. The normalized spacial score (nSPS) is 19.5. The van der Waals surface area contributed by atoms with Gasteiger partial charge in [0.1, 0.15) is 6.54 Å². The van der Waals surface area contributed by atoms with Gasteiger partial charge in [0.05, 0.1) is 19.1 Å². The number of likely N-dealkylation sites (N-methyl/N-ethyl adjacent to an activating group) is 1. The molecule has 2 aromatic rings. The molecule has 0 spiro atoms. The molecular weight excluding hydrogens is 376 g/mol. The fourth-order valence-corrected chi connectivity index (χ4v) is 3.81. The van der Waals surface area contributed by atoms with Gasteiger partial charge in [-0.3, -0.25) is 14.4 Å². The van der Waals surface area contributed by atoms with E-state index in [2.05, 4.69) is 10.1 Å². The Labute approximate surface area is 167 Å². The number of rotatable bonds is 4. The fourth-order valence-electron chi connectivity index (χ4n) is 3.81. The summed E-state index contributed by atoms with van der Waals surface area (Å²) in [5.41, 5.74) is 1.81. The molecule has 2 aliphatic rings. The number of nitrogens with zero attached hydrogens (tertiary/aromatic N) is 1. The number of carbonyl (C=O) groups excluding carboxylic acids is 3. The molecule has 2 atom stereocenters. The molecule has 1 N–H and O–H groups in total. The van der Waals surface area contributed by atoms with Gasteiger partial charge in [-0.2, -0.15) is 0 Å². The molecule has 4 rings (SSSR count). The molecule has 0 aliphatic carbocycles. The highest BCUT2D eigenvalue weighted by Crippen LogP contribution is 2.44. The van der Waals surface area contributed by atoms with Crippen LogP contribution < -0.4 is 14.8 Å². The summed E-state index contributed by atoms with van der Waals surface area (Å²) < 4.78 is 15.4. The molecule has 2 aromatic carbocycles. The Morgan fingerprint density at radius 3 is 2.72 bits per heavy atom. The summed E-state index contributed by atoms with van der Waals surface area (Å²) in [7, 11) is 2.92. The molecule has 8 heteroatoms. The Kier molecular flexibility index (Phi) is 4.84. The van der Waals surface area contributed by atoms with Crippen molar-refractivity contribution >= 4 is 17.8 Å². The van der Waals surface area contributed by atoms with Crippen molar-refractivity contribution in [3.8, 4) is 11.5 Å². The van der Waals surface area contributed by atoms with Crippen LogP contribution in [0.15, 0.2) is 42.5 Å². The van der Waals surface area contributed by atoms with E-state index in [4.69, 9.17) is 9.47 Å². The van der Waals surface area contributed by atoms with E-state index < -0.39 is 17.9 Å². The second kappa shape index (κ2) is 7.46. The summed E-state index contributed by atoms with van der Waals surface area (Å²) in [6.45, 7) is -0.121. The average Bonchev–Trinajstić information content (AvgIpc) is 3.22. The maximum absolute atomic E-state index is 13.1. The molecule has 8 nitrogen and oxygen atoms in total. The van der Waals surface area contributed by atoms with Gasteiger partial charge in [-0.05, 0) is 29.3 Å². The summed E-state index contributed by atoms with van der Waals surface area (Å²) in [4.78, 5) is 39.2. The molecule has 150 valence electrons. The third-order valence-electron chi connectivity index (χ3n) is 5.23. The number of hydrogen-bond donors (Lipinski definition) is 1. The Balaban J connectivity index is 1.77. The van der Waals surface area contributed by atoms with Gasteiger partial charge in [-0.1, -0.05) is 24.3 Å². The first-order valence-electron chi connectivity index (χ1n) is 9.11. The molecule has 0 saturated carbocycles. The van der Waals surface area contributed by atoms with Gasteiger partial charge >= 0.3 is 5.97 Å². The third kappa shape index (κ3) is 3.26. The van der Waals surface area contributed by atoms with Crippen LogP contribution in [0.2, 0.25) is 0 Å². The molecule has 2 aliphatic heterocycles. The number of benzene rings is 2. The maximum Gasteiger partial charge on any atom is 0.325 e. The van der Waals surface area contributed by atoms with Crippen LogP contribution in [0.25, 0.3) is 0 Å². The van der Waals surface area contributed by atoms with E-state index in [0.29, 0.717) is 22.6 Å². The number of esters is 1. The van der Waals surface area contributed by atoms with Crippen molar-refractivity contribution in [3.05, 3.63) is 59.2 Å². The molecule has 2 amide bonds. The highest BCUT2D eigenvalue weighted by Gasteiger charge is 2.43. The number of ether oxygens (including phenoxy) is 3. The number of hydrogen-bond acceptors (Lipinski definition) is 6. The summed E-state index contributed by atoms with van der Waals surface area (Å²) >= 11 is 0. The quantitative estimate of drug-likeness (QED) is 0.790. The first-order valence-corrected chi connectivity index (χ1v) is 9.11. The SMILES string of the molecule is COC(=O)CNC(=O)C1c2ccccc2C(=O)N(C)C1c1ccc2c(c1)OCO2. The topological polar surface area (TPSA) is 94.2 Å². The van der Waals surface area contributed by atoms with E-state index >= 15 is 0 Å². The van der Waals surface area contributed by atoms with E-state index in [9.17, 15) is 14.4 Å². The Morgan fingerprint density at radius 2 is 1.93 bits per heavy atom. The molecule has 0 saturated heterocycles. The third-order valence-corrected chi connectivity index (χ3v) is 5.23. The van der Waals surface area contributed by atoms with Crippen molar-refractivity contribution < 1.29 is 28.6 Å². The molecule has 2 heterocycles. The standard InChI is InChI=1S/C21H20N2O6/c1-23-19(12-7-8-15-16(9-12)29-11-28-15)18(20(25)22-10-17(24)27-2)13-5-3-4-6-14(13)21(23)26/h3-9,18-19H,10-11H2,1-2H3,(H,22,25). The first-order chi connectivity index (χ1) is 14.0. The molecular formula is C21H20N2O6. The minimum atomic E-state index is -0.709. The van der Waals surface area contributed by atoms with Crippen LogP contribution in [0.3, 0.4) is 0 Å². The predicted octanol–water partition coefficient (Wildman–Crippen LogP) is 1.61. The van der Waals surface area contributed by atoms with Crippen molar-refractivity contribution in [1.29, 1.82) is 0 Å². The molecule has 29 heavy (non-hydrogen) atoms. The van der Waals surface area contributed by atoms with Gasteiger partial charge in [0.25, 0.3) is 5.91 Å².